The number of thiazole rings is 1. The largest absolute Gasteiger partial charge is 0.369 e. The molecule has 2 heterocycles. The minimum absolute atomic E-state index is 0. The fourth-order valence-electron chi connectivity index (χ4n) is 2.60. The molecule has 3 rings (SSSR count). The highest BCUT2D eigenvalue weighted by Gasteiger charge is 2.22. The molecule has 11 heteroatoms. The van der Waals surface area contributed by atoms with Crippen molar-refractivity contribution < 1.29 is 13.2 Å². The molecule has 0 radical (unpaired) electrons. The number of nitrogens with zero attached hydrogens (tertiary/aromatic N) is 2. The Labute approximate surface area is 175 Å². The average Bonchev–Trinajstić information content (AvgIpc) is 3.04. The van der Waals surface area contributed by atoms with E-state index in [0.717, 1.165) is 10.7 Å². The van der Waals surface area contributed by atoms with Crippen molar-refractivity contribution in [2.24, 2.45) is 5.73 Å². The zero-order chi connectivity index (χ0) is 17.9. The summed E-state index contributed by atoms with van der Waals surface area (Å²) >= 11 is 1.42. The molecule has 1 aromatic heterocycles. The first-order valence-electron chi connectivity index (χ1n) is 7.98. The molecule has 1 amide bonds. The third-order valence-electron chi connectivity index (χ3n) is 3.96. The van der Waals surface area contributed by atoms with Gasteiger partial charge in [-0.05, 0) is 24.7 Å². The van der Waals surface area contributed by atoms with Gasteiger partial charge in [-0.1, -0.05) is 6.07 Å². The van der Waals surface area contributed by atoms with Crippen molar-refractivity contribution in [3.8, 4) is 0 Å². The van der Waals surface area contributed by atoms with Crippen molar-refractivity contribution >= 4 is 63.3 Å². The summed E-state index contributed by atoms with van der Waals surface area (Å²) in [7, 11) is -2.92. The number of rotatable bonds is 5. The van der Waals surface area contributed by atoms with Crippen LogP contribution in [0, 0.1) is 0 Å². The molecule has 0 aliphatic carbocycles. The Bertz CT molecular complexity index is 860. The van der Waals surface area contributed by atoms with E-state index in [1.807, 2.05) is 23.1 Å². The lowest BCUT2D eigenvalue weighted by Gasteiger charge is -2.29. The number of halogens is 2. The Morgan fingerprint density at radius 2 is 1.96 bits per heavy atom. The maximum Gasteiger partial charge on any atom is 0.275 e. The molecule has 2 aromatic rings. The average molecular weight is 453 g/mol. The van der Waals surface area contributed by atoms with Crippen LogP contribution in [-0.2, 0) is 16.3 Å². The van der Waals surface area contributed by atoms with E-state index >= 15 is 0 Å². The van der Waals surface area contributed by atoms with Crippen LogP contribution in [-0.4, -0.2) is 50.4 Å². The second-order valence-electron chi connectivity index (χ2n) is 5.81. The normalized spacial score (nSPS) is 15.4. The van der Waals surface area contributed by atoms with Gasteiger partial charge < -0.3 is 16.0 Å². The number of nitrogens with one attached hydrogen (secondary N) is 1. The molecule has 0 atom stereocenters. The molecule has 0 saturated carbocycles. The van der Waals surface area contributed by atoms with Gasteiger partial charge in [0, 0.05) is 36.3 Å². The molecule has 0 bridgehead atoms. The molecule has 7 nitrogen and oxygen atoms in total. The van der Waals surface area contributed by atoms with Crippen LogP contribution in [0.4, 0.5) is 11.4 Å². The van der Waals surface area contributed by atoms with Crippen molar-refractivity contribution in [1.29, 1.82) is 0 Å². The van der Waals surface area contributed by atoms with Crippen molar-refractivity contribution in [3.63, 3.8) is 0 Å². The van der Waals surface area contributed by atoms with Crippen LogP contribution < -0.4 is 16.0 Å². The molecule has 1 aliphatic heterocycles. The number of sulfone groups is 1. The van der Waals surface area contributed by atoms with Crippen LogP contribution >= 0.6 is 36.2 Å². The van der Waals surface area contributed by atoms with Crippen LogP contribution in [0.25, 0.3) is 0 Å². The minimum Gasteiger partial charge on any atom is -0.369 e. The monoisotopic (exact) mass is 452 g/mol. The quantitative estimate of drug-likeness (QED) is 0.717. The van der Waals surface area contributed by atoms with Crippen LogP contribution in [0.1, 0.15) is 15.5 Å². The molecule has 27 heavy (non-hydrogen) atoms. The Morgan fingerprint density at radius 3 is 2.63 bits per heavy atom. The van der Waals surface area contributed by atoms with Gasteiger partial charge >= 0.3 is 0 Å². The highest BCUT2D eigenvalue weighted by molar-refractivity contribution is 7.91. The molecule has 0 unspecified atom stereocenters. The number of aromatic nitrogens is 1. The molecule has 3 N–H and O–H groups in total. The number of carbonyl (C=O) groups is 1. The van der Waals surface area contributed by atoms with Crippen molar-refractivity contribution in [2.75, 3.05) is 41.4 Å². The summed E-state index contributed by atoms with van der Waals surface area (Å²) in [5.74, 6) is 0.0523. The van der Waals surface area contributed by atoms with E-state index in [1.54, 1.807) is 11.4 Å². The summed E-state index contributed by atoms with van der Waals surface area (Å²) in [4.78, 5) is 18.6. The van der Waals surface area contributed by atoms with Crippen molar-refractivity contribution in [3.05, 3.63) is 40.3 Å². The van der Waals surface area contributed by atoms with Gasteiger partial charge in [-0.25, -0.2) is 13.4 Å². The summed E-state index contributed by atoms with van der Waals surface area (Å²) in [5, 5.41) is 5.40. The van der Waals surface area contributed by atoms with E-state index < -0.39 is 9.84 Å². The number of carbonyl (C=O) groups excluding carboxylic acids is 1. The molecule has 1 aromatic carbocycles. The second kappa shape index (κ2) is 10.2. The Kier molecular flexibility index (Phi) is 8.97. The number of benzene rings is 1. The third-order valence-corrected chi connectivity index (χ3v) is 6.47. The first-order valence-corrected chi connectivity index (χ1v) is 10.7. The second-order valence-corrected chi connectivity index (χ2v) is 9.05. The maximum absolute atomic E-state index is 12.3. The van der Waals surface area contributed by atoms with E-state index in [4.69, 9.17) is 5.73 Å². The van der Waals surface area contributed by atoms with Gasteiger partial charge in [0.15, 0.2) is 9.84 Å². The Morgan fingerprint density at radius 1 is 1.26 bits per heavy atom. The highest BCUT2D eigenvalue weighted by Crippen LogP contribution is 2.22. The molecule has 150 valence electrons. The number of anilines is 2. The predicted octanol–water partition coefficient (Wildman–Crippen LogP) is 1.97. The van der Waals surface area contributed by atoms with E-state index in [1.165, 1.54) is 11.3 Å². The summed E-state index contributed by atoms with van der Waals surface area (Å²) in [6, 6.07) is 7.41. The first kappa shape index (κ1) is 23.6. The van der Waals surface area contributed by atoms with E-state index in [2.05, 4.69) is 10.3 Å². The number of hydrogen-bond acceptors (Lipinski definition) is 7. The predicted molar refractivity (Wildman–Crippen MR) is 115 cm³/mol. The van der Waals surface area contributed by atoms with Gasteiger partial charge in [0.05, 0.1) is 16.5 Å². The van der Waals surface area contributed by atoms with Crippen molar-refractivity contribution in [2.45, 2.75) is 6.42 Å². The van der Waals surface area contributed by atoms with Crippen LogP contribution in [0.2, 0.25) is 0 Å². The summed E-state index contributed by atoms with van der Waals surface area (Å²) in [6.07, 6.45) is 0.658. The maximum atomic E-state index is 12.3. The Hall–Kier alpha value is -1.39. The van der Waals surface area contributed by atoms with Crippen LogP contribution in [0.5, 0.6) is 0 Å². The lowest BCUT2D eigenvalue weighted by molar-refractivity contribution is 0.102. The highest BCUT2D eigenvalue weighted by atomic mass is 35.5. The van der Waals surface area contributed by atoms with Gasteiger partial charge in [-0.3, -0.25) is 4.79 Å². The lowest BCUT2D eigenvalue weighted by Crippen LogP contribution is -2.40. The number of hydrogen-bond donors (Lipinski definition) is 2. The van der Waals surface area contributed by atoms with Crippen molar-refractivity contribution in [1.82, 2.24) is 4.98 Å². The topological polar surface area (TPSA) is 105 Å². The van der Waals surface area contributed by atoms with E-state index in [9.17, 15) is 13.2 Å². The molecular weight excluding hydrogens is 431 g/mol. The fourth-order valence-corrected chi connectivity index (χ4v) is 4.59. The van der Waals surface area contributed by atoms with Gasteiger partial charge in [-0.15, -0.1) is 36.2 Å². The first-order chi connectivity index (χ1) is 12.0. The van der Waals surface area contributed by atoms with Gasteiger partial charge in [-0.2, -0.15) is 0 Å². The van der Waals surface area contributed by atoms with E-state index in [-0.39, 0.29) is 42.2 Å². The summed E-state index contributed by atoms with van der Waals surface area (Å²) in [5.41, 5.74) is 7.43. The standard InChI is InChI=1S/C16H20N4O3S2.2ClH/c17-5-4-15-19-14(11-24-15)16(21)18-12-2-1-3-13(10-12)20-6-8-25(22,23)9-7-20;;/h1-3,10-11H,4-9,17H2,(H,18,21);2*1H. The molecule has 1 fully saturated rings. The summed E-state index contributed by atoms with van der Waals surface area (Å²) in [6.45, 7) is 1.44. The van der Waals surface area contributed by atoms with Crippen LogP contribution in [0.15, 0.2) is 29.6 Å². The molecule has 0 spiro atoms. The SMILES string of the molecule is Cl.Cl.NCCc1nc(C(=O)Nc2cccc(N3CCS(=O)(=O)CC3)c2)cs1. The Balaban J connectivity index is 0.00000182. The van der Waals surface area contributed by atoms with Crippen LogP contribution in [0.3, 0.4) is 0 Å². The zero-order valence-corrected chi connectivity index (χ0v) is 17.7. The lowest BCUT2D eigenvalue weighted by atomic mass is 10.2. The van der Waals surface area contributed by atoms with Gasteiger partial charge in [0.2, 0.25) is 0 Å². The fraction of sp³-hybridized carbons (Fsp3) is 0.375. The molecule has 1 saturated heterocycles. The third kappa shape index (κ3) is 6.32. The number of nitrogens with two attached hydrogens (primary N) is 1. The minimum atomic E-state index is -2.92. The number of amides is 1. The van der Waals surface area contributed by atoms with E-state index in [0.29, 0.717) is 37.4 Å². The molecule has 1 aliphatic rings. The van der Waals surface area contributed by atoms with Gasteiger partial charge in [0.1, 0.15) is 5.69 Å². The summed E-state index contributed by atoms with van der Waals surface area (Å²) < 4.78 is 23.1. The van der Waals surface area contributed by atoms with Gasteiger partial charge in [0.25, 0.3) is 5.91 Å². The molecular formula is C16H22Cl2N4O3S2. The zero-order valence-electron chi connectivity index (χ0n) is 14.5. The smallest absolute Gasteiger partial charge is 0.275 e.